The van der Waals surface area contributed by atoms with Gasteiger partial charge >= 0.3 is 0 Å². The van der Waals surface area contributed by atoms with Gasteiger partial charge in [-0.3, -0.25) is 4.79 Å². The number of nitrogens with zero attached hydrogens (tertiary/aromatic N) is 2. The Kier molecular flexibility index (Phi) is 6.10. The van der Waals surface area contributed by atoms with Gasteiger partial charge in [-0.15, -0.1) is 0 Å². The van der Waals surface area contributed by atoms with Gasteiger partial charge in [0.1, 0.15) is 5.82 Å². The largest absolute Gasteiger partial charge is 0.395 e. The standard InChI is InChI=1S/C12H19N3O3/c1-13-11-10(4-3-5-14-11)12(17)15(6-8-16)7-9-18-2/h3-5,16H,6-9H2,1-2H3,(H,13,14). The third kappa shape index (κ3) is 3.68. The minimum Gasteiger partial charge on any atom is -0.395 e. The lowest BCUT2D eigenvalue weighted by molar-refractivity contribution is 0.0657. The van der Waals surface area contributed by atoms with Gasteiger partial charge in [0.15, 0.2) is 0 Å². The molecule has 1 heterocycles. The molecule has 100 valence electrons. The summed E-state index contributed by atoms with van der Waals surface area (Å²) in [5, 5.41) is 11.9. The van der Waals surface area contributed by atoms with Gasteiger partial charge in [-0.1, -0.05) is 0 Å². The number of anilines is 1. The lowest BCUT2D eigenvalue weighted by Crippen LogP contribution is -2.36. The molecular weight excluding hydrogens is 234 g/mol. The van der Waals surface area contributed by atoms with E-state index in [1.54, 1.807) is 37.4 Å². The fourth-order valence-corrected chi connectivity index (χ4v) is 1.58. The summed E-state index contributed by atoms with van der Waals surface area (Å²) in [5.74, 6) is 0.362. The van der Waals surface area contributed by atoms with Gasteiger partial charge in [0.2, 0.25) is 0 Å². The van der Waals surface area contributed by atoms with Crippen molar-refractivity contribution in [2.75, 3.05) is 45.8 Å². The van der Waals surface area contributed by atoms with Crippen LogP contribution in [-0.4, -0.2) is 61.4 Å². The number of hydrogen-bond donors (Lipinski definition) is 2. The van der Waals surface area contributed by atoms with Gasteiger partial charge < -0.3 is 20.1 Å². The van der Waals surface area contributed by atoms with Crippen molar-refractivity contribution in [1.29, 1.82) is 0 Å². The van der Waals surface area contributed by atoms with Crippen LogP contribution in [0.25, 0.3) is 0 Å². The Morgan fingerprint density at radius 3 is 2.94 bits per heavy atom. The normalized spacial score (nSPS) is 10.2. The molecule has 0 saturated carbocycles. The summed E-state index contributed by atoms with van der Waals surface area (Å²) in [6.07, 6.45) is 1.62. The van der Waals surface area contributed by atoms with Gasteiger partial charge in [0, 0.05) is 33.4 Å². The highest BCUT2D eigenvalue weighted by Gasteiger charge is 2.18. The molecule has 0 aliphatic rings. The van der Waals surface area contributed by atoms with Gasteiger partial charge in [0.05, 0.1) is 18.8 Å². The van der Waals surface area contributed by atoms with Crippen LogP contribution >= 0.6 is 0 Å². The number of aliphatic hydroxyl groups is 1. The molecule has 0 aromatic carbocycles. The first-order chi connectivity index (χ1) is 8.74. The van der Waals surface area contributed by atoms with Gasteiger partial charge in [-0.05, 0) is 12.1 Å². The number of hydrogen-bond acceptors (Lipinski definition) is 5. The van der Waals surface area contributed by atoms with E-state index < -0.39 is 0 Å². The third-order valence-electron chi connectivity index (χ3n) is 2.50. The fraction of sp³-hybridized carbons (Fsp3) is 0.500. The molecular formula is C12H19N3O3. The van der Waals surface area contributed by atoms with Gasteiger partial charge in [-0.2, -0.15) is 0 Å². The van der Waals surface area contributed by atoms with E-state index in [0.717, 1.165) is 0 Å². The zero-order valence-corrected chi connectivity index (χ0v) is 10.7. The van der Waals surface area contributed by atoms with Crippen LogP contribution in [0.4, 0.5) is 5.82 Å². The van der Waals surface area contributed by atoms with E-state index in [1.165, 1.54) is 0 Å². The molecule has 0 aliphatic heterocycles. The Labute approximate surface area is 107 Å². The highest BCUT2D eigenvalue weighted by Crippen LogP contribution is 2.13. The molecule has 0 atom stereocenters. The van der Waals surface area contributed by atoms with E-state index in [2.05, 4.69) is 10.3 Å². The zero-order valence-electron chi connectivity index (χ0n) is 10.7. The molecule has 6 nitrogen and oxygen atoms in total. The summed E-state index contributed by atoms with van der Waals surface area (Å²) < 4.78 is 4.95. The maximum atomic E-state index is 12.3. The molecule has 0 radical (unpaired) electrons. The fourth-order valence-electron chi connectivity index (χ4n) is 1.58. The van der Waals surface area contributed by atoms with Crippen molar-refractivity contribution in [2.24, 2.45) is 0 Å². The number of pyridine rings is 1. The number of aliphatic hydroxyl groups excluding tert-OH is 1. The Balaban J connectivity index is 2.86. The molecule has 1 aromatic rings. The molecule has 0 bridgehead atoms. The van der Waals surface area contributed by atoms with E-state index >= 15 is 0 Å². The molecule has 0 unspecified atom stereocenters. The Morgan fingerprint density at radius 1 is 1.56 bits per heavy atom. The number of rotatable bonds is 7. The second-order valence-electron chi connectivity index (χ2n) is 3.66. The van der Waals surface area contributed by atoms with Crippen molar-refractivity contribution in [2.45, 2.75) is 0 Å². The number of carbonyl (C=O) groups excluding carboxylic acids is 1. The average molecular weight is 253 g/mol. The van der Waals surface area contributed by atoms with Crippen molar-refractivity contribution < 1.29 is 14.6 Å². The van der Waals surface area contributed by atoms with Crippen LogP contribution in [-0.2, 0) is 4.74 Å². The molecule has 1 rings (SSSR count). The summed E-state index contributed by atoms with van der Waals surface area (Å²) in [6, 6.07) is 3.42. The molecule has 0 spiro atoms. The van der Waals surface area contributed by atoms with Gasteiger partial charge in [-0.25, -0.2) is 4.98 Å². The summed E-state index contributed by atoms with van der Waals surface area (Å²) in [5.41, 5.74) is 0.490. The number of ether oxygens (including phenoxy) is 1. The monoisotopic (exact) mass is 253 g/mol. The Hall–Kier alpha value is -1.66. The number of amides is 1. The molecule has 6 heteroatoms. The summed E-state index contributed by atoms with van der Waals surface area (Å²) in [7, 11) is 3.29. The average Bonchev–Trinajstić information content (AvgIpc) is 2.42. The number of aromatic nitrogens is 1. The first-order valence-corrected chi connectivity index (χ1v) is 5.76. The lowest BCUT2D eigenvalue weighted by atomic mass is 10.2. The Morgan fingerprint density at radius 2 is 2.33 bits per heavy atom. The predicted octanol–water partition coefficient (Wildman–Crippen LogP) is 0.204. The van der Waals surface area contributed by atoms with E-state index in [0.29, 0.717) is 24.5 Å². The Bertz CT molecular complexity index is 385. The van der Waals surface area contributed by atoms with E-state index in [-0.39, 0.29) is 19.1 Å². The van der Waals surface area contributed by atoms with Crippen LogP contribution in [0.2, 0.25) is 0 Å². The van der Waals surface area contributed by atoms with Crippen LogP contribution in [0.1, 0.15) is 10.4 Å². The first kappa shape index (κ1) is 14.4. The third-order valence-corrected chi connectivity index (χ3v) is 2.50. The predicted molar refractivity (Wildman–Crippen MR) is 68.6 cm³/mol. The van der Waals surface area contributed by atoms with Crippen LogP contribution in [0.15, 0.2) is 18.3 Å². The van der Waals surface area contributed by atoms with Crippen molar-refractivity contribution in [3.05, 3.63) is 23.9 Å². The van der Waals surface area contributed by atoms with E-state index in [4.69, 9.17) is 9.84 Å². The summed E-state index contributed by atoms with van der Waals surface area (Å²) >= 11 is 0. The van der Waals surface area contributed by atoms with Crippen LogP contribution in [0.5, 0.6) is 0 Å². The van der Waals surface area contributed by atoms with Crippen LogP contribution in [0.3, 0.4) is 0 Å². The minimum atomic E-state index is -0.168. The molecule has 1 amide bonds. The van der Waals surface area contributed by atoms with Gasteiger partial charge in [0.25, 0.3) is 5.91 Å². The topological polar surface area (TPSA) is 74.7 Å². The van der Waals surface area contributed by atoms with Crippen LogP contribution < -0.4 is 5.32 Å². The van der Waals surface area contributed by atoms with E-state index in [1.807, 2.05) is 0 Å². The first-order valence-electron chi connectivity index (χ1n) is 5.76. The second kappa shape index (κ2) is 7.62. The molecule has 0 saturated heterocycles. The molecule has 0 aliphatic carbocycles. The minimum absolute atomic E-state index is 0.0788. The zero-order chi connectivity index (χ0) is 13.4. The maximum Gasteiger partial charge on any atom is 0.257 e. The molecule has 1 aromatic heterocycles. The molecule has 2 N–H and O–H groups in total. The summed E-state index contributed by atoms with van der Waals surface area (Å²) in [6.45, 7) is 1.07. The number of nitrogens with one attached hydrogen (secondary N) is 1. The van der Waals surface area contributed by atoms with Crippen molar-refractivity contribution in [3.63, 3.8) is 0 Å². The second-order valence-corrected chi connectivity index (χ2v) is 3.66. The van der Waals surface area contributed by atoms with Crippen molar-refractivity contribution >= 4 is 11.7 Å². The SMILES string of the molecule is CNc1ncccc1C(=O)N(CCO)CCOC. The quantitative estimate of drug-likeness (QED) is 0.726. The number of carbonyl (C=O) groups is 1. The van der Waals surface area contributed by atoms with Crippen LogP contribution in [0, 0.1) is 0 Å². The van der Waals surface area contributed by atoms with E-state index in [9.17, 15) is 4.79 Å². The maximum absolute atomic E-state index is 12.3. The highest BCUT2D eigenvalue weighted by molar-refractivity contribution is 5.98. The van der Waals surface area contributed by atoms with Crippen molar-refractivity contribution in [3.8, 4) is 0 Å². The highest BCUT2D eigenvalue weighted by atomic mass is 16.5. The molecule has 0 fully saturated rings. The molecule has 18 heavy (non-hydrogen) atoms. The smallest absolute Gasteiger partial charge is 0.257 e. The lowest BCUT2D eigenvalue weighted by Gasteiger charge is -2.22. The number of methoxy groups -OCH3 is 1. The van der Waals surface area contributed by atoms with Crippen molar-refractivity contribution in [1.82, 2.24) is 9.88 Å². The summed E-state index contributed by atoms with van der Waals surface area (Å²) in [4.78, 5) is 17.9.